The molecule has 0 radical (unpaired) electrons. The molecule has 1 unspecified atom stereocenters. The second-order valence-corrected chi connectivity index (χ2v) is 4.58. The maximum Gasteiger partial charge on any atom is 0.389 e. The van der Waals surface area contributed by atoms with Crippen LogP contribution in [-0.4, -0.2) is 23.8 Å². The lowest BCUT2D eigenvalue weighted by molar-refractivity contribution is -0.151. The molecule has 0 saturated heterocycles. The fraction of sp³-hybridized carbons (Fsp3) is 0.462. The molecule has 6 heteroatoms. The Hall–Kier alpha value is -1.56. The molecule has 0 amide bonds. The summed E-state index contributed by atoms with van der Waals surface area (Å²) in [4.78, 5) is 11.4. The SMILES string of the molecule is Cc1cccc(C(CN)(CCC(F)(F)F)C(=O)O)c1. The molecular weight excluding hydrogens is 259 g/mol. The number of hydrogen-bond donors (Lipinski definition) is 2. The van der Waals surface area contributed by atoms with Crippen molar-refractivity contribution >= 4 is 5.97 Å². The minimum atomic E-state index is -4.40. The number of carbonyl (C=O) groups is 1. The zero-order chi connectivity index (χ0) is 14.7. The van der Waals surface area contributed by atoms with Crippen molar-refractivity contribution in [2.75, 3.05) is 6.54 Å². The second-order valence-electron chi connectivity index (χ2n) is 4.58. The Morgan fingerprint density at radius 3 is 2.37 bits per heavy atom. The predicted molar refractivity (Wildman–Crippen MR) is 64.8 cm³/mol. The average Bonchev–Trinajstić information content (AvgIpc) is 2.28. The maximum atomic E-state index is 12.3. The largest absolute Gasteiger partial charge is 0.481 e. The van der Waals surface area contributed by atoms with Crippen molar-refractivity contribution in [2.24, 2.45) is 5.73 Å². The molecule has 1 atom stereocenters. The van der Waals surface area contributed by atoms with Gasteiger partial charge in [0.1, 0.15) is 5.41 Å². The lowest BCUT2D eigenvalue weighted by Gasteiger charge is -2.29. The van der Waals surface area contributed by atoms with Crippen LogP contribution in [0.1, 0.15) is 24.0 Å². The molecule has 0 aliphatic carbocycles. The van der Waals surface area contributed by atoms with E-state index in [-0.39, 0.29) is 6.54 Å². The van der Waals surface area contributed by atoms with Gasteiger partial charge in [0.05, 0.1) is 0 Å². The highest BCUT2D eigenvalue weighted by Crippen LogP contribution is 2.34. The van der Waals surface area contributed by atoms with E-state index in [1.165, 1.54) is 6.07 Å². The molecular formula is C13H16F3NO2. The van der Waals surface area contributed by atoms with Gasteiger partial charge >= 0.3 is 12.1 Å². The van der Waals surface area contributed by atoms with Gasteiger partial charge in [0.25, 0.3) is 0 Å². The minimum absolute atomic E-state index is 0.312. The van der Waals surface area contributed by atoms with Crippen LogP contribution in [0.5, 0.6) is 0 Å². The van der Waals surface area contributed by atoms with Gasteiger partial charge in [-0.15, -0.1) is 0 Å². The topological polar surface area (TPSA) is 63.3 Å². The summed E-state index contributed by atoms with van der Waals surface area (Å²) in [5.41, 5.74) is 4.87. The normalized spacial score (nSPS) is 15.0. The van der Waals surface area contributed by atoms with Crippen LogP contribution >= 0.6 is 0 Å². The monoisotopic (exact) mass is 275 g/mol. The van der Waals surface area contributed by atoms with E-state index in [4.69, 9.17) is 5.73 Å². The highest BCUT2D eigenvalue weighted by Gasteiger charge is 2.42. The average molecular weight is 275 g/mol. The first kappa shape index (κ1) is 15.5. The van der Waals surface area contributed by atoms with Crippen molar-refractivity contribution in [3.8, 4) is 0 Å². The van der Waals surface area contributed by atoms with Crippen LogP contribution in [0.25, 0.3) is 0 Å². The molecule has 0 aliphatic heterocycles. The number of aliphatic carboxylic acids is 1. The van der Waals surface area contributed by atoms with Gasteiger partial charge in [-0.1, -0.05) is 29.8 Å². The summed E-state index contributed by atoms with van der Waals surface area (Å²) in [5, 5.41) is 9.32. The third-order valence-corrected chi connectivity index (χ3v) is 3.16. The van der Waals surface area contributed by atoms with Gasteiger partial charge in [-0.3, -0.25) is 4.79 Å². The molecule has 0 saturated carbocycles. The molecule has 1 aromatic rings. The molecule has 1 aromatic carbocycles. The number of nitrogens with two attached hydrogens (primary N) is 1. The fourth-order valence-electron chi connectivity index (χ4n) is 1.98. The number of aryl methyl sites for hydroxylation is 1. The molecule has 0 heterocycles. The van der Waals surface area contributed by atoms with Gasteiger partial charge in [0.15, 0.2) is 0 Å². The highest BCUT2D eigenvalue weighted by molar-refractivity contribution is 5.81. The van der Waals surface area contributed by atoms with Crippen molar-refractivity contribution in [3.63, 3.8) is 0 Å². The van der Waals surface area contributed by atoms with Gasteiger partial charge < -0.3 is 10.8 Å². The molecule has 1 rings (SSSR count). The summed E-state index contributed by atoms with van der Waals surface area (Å²) in [7, 11) is 0. The van der Waals surface area contributed by atoms with Crippen molar-refractivity contribution in [1.82, 2.24) is 0 Å². The van der Waals surface area contributed by atoms with Crippen molar-refractivity contribution in [2.45, 2.75) is 31.4 Å². The van der Waals surface area contributed by atoms with Crippen LogP contribution in [0.2, 0.25) is 0 Å². The first-order chi connectivity index (χ1) is 8.71. The van der Waals surface area contributed by atoms with E-state index in [1.807, 2.05) is 0 Å². The third kappa shape index (κ3) is 3.70. The standard InChI is InChI=1S/C13H16F3NO2/c1-9-3-2-4-10(7-9)12(8-17,11(18)19)5-6-13(14,15)16/h2-4,7H,5-6,8,17H2,1H3,(H,18,19). The first-order valence-electron chi connectivity index (χ1n) is 5.78. The Balaban J connectivity index is 3.16. The number of halogens is 3. The van der Waals surface area contributed by atoms with E-state index in [0.29, 0.717) is 5.56 Å². The fourth-order valence-corrected chi connectivity index (χ4v) is 1.98. The summed E-state index contributed by atoms with van der Waals surface area (Å²) in [5.74, 6) is -1.33. The maximum absolute atomic E-state index is 12.3. The number of hydrogen-bond acceptors (Lipinski definition) is 2. The quantitative estimate of drug-likeness (QED) is 0.868. The van der Waals surface area contributed by atoms with E-state index < -0.39 is 30.4 Å². The lowest BCUT2D eigenvalue weighted by Crippen LogP contribution is -2.43. The molecule has 0 aromatic heterocycles. The van der Waals surface area contributed by atoms with E-state index in [9.17, 15) is 23.1 Å². The summed E-state index contributed by atoms with van der Waals surface area (Å²) in [6, 6.07) is 6.43. The summed E-state index contributed by atoms with van der Waals surface area (Å²) >= 11 is 0. The molecule has 3 nitrogen and oxygen atoms in total. The van der Waals surface area contributed by atoms with E-state index in [0.717, 1.165) is 5.56 Å². The number of alkyl halides is 3. The van der Waals surface area contributed by atoms with E-state index in [2.05, 4.69) is 0 Å². The third-order valence-electron chi connectivity index (χ3n) is 3.16. The summed E-state index contributed by atoms with van der Waals surface area (Å²) in [6.45, 7) is 1.37. The Morgan fingerprint density at radius 2 is 1.95 bits per heavy atom. The molecule has 0 aliphatic rings. The minimum Gasteiger partial charge on any atom is -0.481 e. The first-order valence-corrected chi connectivity index (χ1v) is 5.78. The van der Waals surface area contributed by atoms with Crippen molar-refractivity contribution in [3.05, 3.63) is 35.4 Å². The number of carboxylic acid groups (broad SMARTS) is 1. The summed E-state index contributed by atoms with van der Waals surface area (Å²) in [6.07, 6.45) is -6.14. The van der Waals surface area contributed by atoms with Gasteiger partial charge in [0.2, 0.25) is 0 Å². The Bertz CT molecular complexity index is 459. The van der Waals surface area contributed by atoms with E-state index in [1.54, 1.807) is 25.1 Å². The van der Waals surface area contributed by atoms with Crippen molar-refractivity contribution < 1.29 is 23.1 Å². The van der Waals surface area contributed by atoms with Crippen molar-refractivity contribution in [1.29, 1.82) is 0 Å². The second kappa shape index (κ2) is 5.61. The predicted octanol–water partition coefficient (Wildman–Crippen LogP) is 2.62. The molecule has 106 valence electrons. The van der Waals surface area contributed by atoms with E-state index >= 15 is 0 Å². The van der Waals surface area contributed by atoms with Gasteiger partial charge in [-0.25, -0.2) is 0 Å². The van der Waals surface area contributed by atoms with Crippen LogP contribution in [0.3, 0.4) is 0 Å². The Morgan fingerprint density at radius 1 is 1.32 bits per heavy atom. The van der Waals surface area contributed by atoms with Crippen LogP contribution in [0.15, 0.2) is 24.3 Å². The molecule has 0 bridgehead atoms. The highest BCUT2D eigenvalue weighted by atomic mass is 19.4. The number of benzene rings is 1. The number of carboxylic acids is 1. The lowest BCUT2D eigenvalue weighted by atomic mass is 9.76. The zero-order valence-electron chi connectivity index (χ0n) is 10.5. The number of rotatable bonds is 5. The van der Waals surface area contributed by atoms with Gasteiger partial charge in [-0.05, 0) is 18.9 Å². The molecule has 3 N–H and O–H groups in total. The van der Waals surface area contributed by atoms with Crippen LogP contribution in [0, 0.1) is 6.92 Å². The van der Waals surface area contributed by atoms with Crippen LogP contribution < -0.4 is 5.73 Å². The smallest absolute Gasteiger partial charge is 0.389 e. The van der Waals surface area contributed by atoms with Crippen LogP contribution in [-0.2, 0) is 10.2 Å². The van der Waals surface area contributed by atoms with Gasteiger partial charge in [-0.2, -0.15) is 13.2 Å². The van der Waals surface area contributed by atoms with Crippen LogP contribution in [0.4, 0.5) is 13.2 Å². The zero-order valence-corrected chi connectivity index (χ0v) is 10.5. The summed E-state index contributed by atoms with van der Waals surface area (Å²) < 4.78 is 37.0. The molecule has 19 heavy (non-hydrogen) atoms. The Labute approximate surface area is 109 Å². The molecule has 0 spiro atoms. The van der Waals surface area contributed by atoms with Gasteiger partial charge in [0, 0.05) is 13.0 Å². The molecule has 0 fully saturated rings. The Kier molecular flexibility index (Phi) is 4.57.